The van der Waals surface area contributed by atoms with E-state index in [1.807, 2.05) is 6.07 Å². The van der Waals surface area contributed by atoms with E-state index in [9.17, 15) is 4.79 Å². The lowest BCUT2D eigenvalue weighted by molar-refractivity contribution is 0.0693. The van der Waals surface area contributed by atoms with Crippen LogP contribution in [0, 0.1) is 0 Å². The first kappa shape index (κ1) is 14.7. The van der Waals surface area contributed by atoms with Crippen LogP contribution < -0.4 is 0 Å². The number of nitrogens with zero attached hydrogens (tertiary/aromatic N) is 1. The Bertz CT molecular complexity index is 614. The van der Waals surface area contributed by atoms with Gasteiger partial charge in [0.15, 0.2) is 0 Å². The molecule has 0 bridgehead atoms. The van der Waals surface area contributed by atoms with Crippen molar-refractivity contribution in [2.24, 2.45) is 0 Å². The maximum Gasteiger partial charge on any atom is 0.336 e. The number of aromatic carboxylic acids is 1. The minimum atomic E-state index is -0.920. The second-order valence-electron chi connectivity index (χ2n) is 5.46. The molecule has 0 saturated carbocycles. The van der Waals surface area contributed by atoms with Crippen LogP contribution in [0.15, 0.2) is 39.8 Å². The lowest BCUT2D eigenvalue weighted by atomic mass is 9.94. The van der Waals surface area contributed by atoms with Gasteiger partial charge in [0.1, 0.15) is 5.76 Å². The molecule has 0 aliphatic heterocycles. The van der Waals surface area contributed by atoms with Crippen molar-refractivity contribution in [3.8, 4) is 0 Å². The van der Waals surface area contributed by atoms with Gasteiger partial charge in [0, 0.05) is 10.3 Å². The van der Waals surface area contributed by atoms with Crippen LogP contribution in [0.5, 0.6) is 0 Å². The van der Waals surface area contributed by atoms with Crippen LogP contribution in [-0.4, -0.2) is 16.1 Å². The van der Waals surface area contributed by atoms with E-state index in [1.165, 1.54) is 11.8 Å². The maximum atomic E-state index is 11.1. The van der Waals surface area contributed by atoms with Gasteiger partial charge < -0.3 is 9.52 Å². The Kier molecular flexibility index (Phi) is 4.18. The molecule has 0 unspecified atom stereocenters. The predicted molar refractivity (Wildman–Crippen MR) is 78.2 cm³/mol. The van der Waals surface area contributed by atoms with Gasteiger partial charge in [0.25, 0.3) is 0 Å². The highest BCUT2D eigenvalue weighted by Crippen LogP contribution is 2.28. The zero-order chi connectivity index (χ0) is 14.8. The summed E-state index contributed by atoms with van der Waals surface area (Å²) in [6.07, 6.45) is 1.74. The van der Waals surface area contributed by atoms with Crippen LogP contribution in [0.25, 0.3) is 0 Å². The molecule has 1 N–H and O–H groups in total. The largest absolute Gasteiger partial charge is 0.478 e. The summed E-state index contributed by atoms with van der Waals surface area (Å²) < 4.78 is 5.69. The number of hydrogen-bond acceptors (Lipinski definition) is 4. The van der Waals surface area contributed by atoms with Gasteiger partial charge in [0.2, 0.25) is 5.89 Å². The molecule has 5 heteroatoms. The first-order valence-electron chi connectivity index (χ1n) is 6.28. The maximum absolute atomic E-state index is 11.1. The fourth-order valence-corrected chi connectivity index (χ4v) is 2.53. The average molecular weight is 291 g/mol. The Morgan fingerprint density at radius 1 is 1.35 bits per heavy atom. The molecular formula is C15H17NO3S. The molecule has 4 nitrogen and oxygen atoms in total. The molecule has 2 rings (SSSR count). The molecule has 106 valence electrons. The van der Waals surface area contributed by atoms with E-state index in [2.05, 4.69) is 25.8 Å². The quantitative estimate of drug-likeness (QED) is 0.864. The number of oxazole rings is 1. The van der Waals surface area contributed by atoms with E-state index in [-0.39, 0.29) is 5.41 Å². The van der Waals surface area contributed by atoms with Crippen LogP contribution in [0.3, 0.4) is 0 Å². The highest BCUT2D eigenvalue weighted by Gasteiger charge is 2.19. The third kappa shape index (κ3) is 3.42. The molecule has 0 aliphatic rings. The first-order chi connectivity index (χ1) is 9.38. The monoisotopic (exact) mass is 291 g/mol. The molecule has 0 saturated heterocycles. The smallest absolute Gasteiger partial charge is 0.336 e. The second-order valence-corrected chi connectivity index (χ2v) is 6.48. The highest BCUT2D eigenvalue weighted by molar-refractivity contribution is 7.98. The van der Waals surface area contributed by atoms with Gasteiger partial charge in [-0.1, -0.05) is 32.9 Å². The fraction of sp³-hybridized carbons (Fsp3) is 0.333. The number of carbonyl (C=O) groups is 1. The van der Waals surface area contributed by atoms with Crippen LogP contribution in [0.2, 0.25) is 0 Å². The molecule has 1 heterocycles. The zero-order valence-electron chi connectivity index (χ0n) is 11.7. The Morgan fingerprint density at radius 2 is 2.05 bits per heavy atom. The number of hydrogen-bond donors (Lipinski definition) is 1. The zero-order valence-corrected chi connectivity index (χ0v) is 12.5. The summed E-state index contributed by atoms with van der Waals surface area (Å²) in [4.78, 5) is 16.1. The van der Waals surface area contributed by atoms with Crippen molar-refractivity contribution in [1.82, 2.24) is 4.98 Å². The third-order valence-corrected chi connectivity index (χ3v) is 3.82. The van der Waals surface area contributed by atoms with Crippen molar-refractivity contribution in [1.29, 1.82) is 0 Å². The molecule has 0 radical (unpaired) electrons. The Labute approximate surface area is 122 Å². The van der Waals surface area contributed by atoms with Gasteiger partial charge in [-0.15, -0.1) is 11.8 Å². The Balaban J connectivity index is 2.10. The molecule has 0 fully saturated rings. The van der Waals surface area contributed by atoms with E-state index in [4.69, 9.17) is 9.52 Å². The van der Waals surface area contributed by atoms with Gasteiger partial charge in [-0.3, -0.25) is 0 Å². The van der Waals surface area contributed by atoms with Gasteiger partial charge in [-0.05, 0) is 12.1 Å². The third-order valence-electron chi connectivity index (χ3n) is 2.76. The summed E-state index contributed by atoms with van der Waals surface area (Å²) in [6, 6.07) is 6.93. The molecule has 1 aromatic carbocycles. The van der Waals surface area contributed by atoms with E-state index in [1.54, 1.807) is 24.4 Å². The van der Waals surface area contributed by atoms with E-state index >= 15 is 0 Å². The fourth-order valence-electron chi connectivity index (χ4n) is 1.63. The van der Waals surface area contributed by atoms with Crippen molar-refractivity contribution < 1.29 is 14.3 Å². The molecule has 0 spiro atoms. The number of aromatic nitrogens is 1. The summed E-state index contributed by atoms with van der Waals surface area (Å²) >= 11 is 1.42. The molecule has 20 heavy (non-hydrogen) atoms. The van der Waals surface area contributed by atoms with E-state index < -0.39 is 5.97 Å². The van der Waals surface area contributed by atoms with Crippen molar-refractivity contribution >= 4 is 17.7 Å². The Morgan fingerprint density at radius 3 is 2.65 bits per heavy atom. The number of carboxylic acids is 1. The first-order valence-corrected chi connectivity index (χ1v) is 7.27. The molecular weight excluding hydrogens is 274 g/mol. The molecule has 0 atom stereocenters. The molecule has 2 aromatic rings. The summed E-state index contributed by atoms with van der Waals surface area (Å²) in [5.41, 5.74) is 0.231. The van der Waals surface area contributed by atoms with E-state index in [0.29, 0.717) is 17.2 Å². The predicted octanol–water partition coefficient (Wildman–Crippen LogP) is 3.96. The van der Waals surface area contributed by atoms with Crippen molar-refractivity contribution in [2.75, 3.05) is 0 Å². The standard InChI is InChI=1S/C15H17NO3S/c1-15(2,3)12-8-16-13(19-12)9-20-11-7-5-4-6-10(11)14(17)18/h4-8H,9H2,1-3H3,(H,17,18). The van der Waals surface area contributed by atoms with Gasteiger partial charge in [-0.25, -0.2) is 9.78 Å². The van der Waals surface area contributed by atoms with Crippen molar-refractivity contribution in [2.45, 2.75) is 36.8 Å². The summed E-state index contributed by atoms with van der Waals surface area (Å²) in [6.45, 7) is 6.18. The van der Waals surface area contributed by atoms with Gasteiger partial charge >= 0.3 is 5.97 Å². The van der Waals surface area contributed by atoms with Crippen LogP contribution >= 0.6 is 11.8 Å². The van der Waals surface area contributed by atoms with Gasteiger partial charge in [0.05, 0.1) is 17.5 Å². The number of thioether (sulfide) groups is 1. The summed E-state index contributed by atoms with van der Waals surface area (Å²) in [5.74, 6) is 1.04. The molecule has 1 aromatic heterocycles. The summed E-state index contributed by atoms with van der Waals surface area (Å²) in [5, 5.41) is 9.12. The van der Waals surface area contributed by atoms with Crippen LogP contribution in [-0.2, 0) is 11.2 Å². The van der Waals surface area contributed by atoms with E-state index in [0.717, 1.165) is 10.7 Å². The SMILES string of the molecule is CC(C)(C)c1cnc(CSc2ccccc2C(=O)O)o1. The van der Waals surface area contributed by atoms with Gasteiger partial charge in [-0.2, -0.15) is 0 Å². The van der Waals surface area contributed by atoms with Crippen LogP contribution in [0.1, 0.15) is 42.8 Å². The number of rotatable bonds is 4. The highest BCUT2D eigenvalue weighted by atomic mass is 32.2. The lowest BCUT2D eigenvalue weighted by Gasteiger charge is -2.13. The topological polar surface area (TPSA) is 63.3 Å². The summed E-state index contributed by atoms with van der Waals surface area (Å²) in [7, 11) is 0. The second kappa shape index (κ2) is 5.71. The number of benzene rings is 1. The average Bonchev–Trinajstić information content (AvgIpc) is 2.85. The molecule has 0 amide bonds. The molecule has 0 aliphatic carbocycles. The minimum Gasteiger partial charge on any atom is -0.478 e. The lowest BCUT2D eigenvalue weighted by Crippen LogP contribution is -2.09. The number of carboxylic acid groups (broad SMARTS) is 1. The van der Waals surface area contributed by atoms with Crippen molar-refractivity contribution in [3.63, 3.8) is 0 Å². The normalized spacial score (nSPS) is 11.6. The minimum absolute atomic E-state index is 0.0745. The Hall–Kier alpha value is -1.75. The van der Waals surface area contributed by atoms with Crippen molar-refractivity contribution in [3.05, 3.63) is 47.7 Å². The van der Waals surface area contributed by atoms with Crippen LogP contribution in [0.4, 0.5) is 0 Å².